The number of hydrogen-bond donors (Lipinski definition) is 1. The highest BCUT2D eigenvalue weighted by Gasteiger charge is 2.25. The summed E-state index contributed by atoms with van der Waals surface area (Å²) in [5.74, 6) is 0.757. The third-order valence-corrected chi connectivity index (χ3v) is 4.97. The zero-order valence-electron chi connectivity index (χ0n) is 14.5. The average molecular weight is 333 g/mol. The van der Waals surface area contributed by atoms with Gasteiger partial charge in [0.1, 0.15) is 6.04 Å². The zero-order valence-corrected chi connectivity index (χ0v) is 14.5. The van der Waals surface area contributed by atoms with E-state index >= 15 is 0 Å². The van der Waals surface area contributed by atoms with E-state index in [-0.39, 0.29) is 11.9 Å². The van der Waals surface area contributed by atoms with Crippen LogP contribution in [0.25, 0.3) is 21.9 Å². The maximum Gasteiger partial charge on any atom is 0.244 e. The predicted molar refractivity (Wildman–Crippen MR) is 100 cm³/mol. The maximum atomic E-state index is 12.5. The van der Waals surface area contributed by atoms with Gasteiger partial charge in [-0.2, -0.15) is 5.10 Å². The highest BCUT2D eigenvalue weighted by Crippen LogP contribution is 2.30. The molecule has 1 aromatic heterocycles. The van der Waals surface area contributed by atoms with Gasteiger partial charge in [0, 0.05) is 18.3 Å². The molecule has 0 spiro atoms. The normalized spacial score (nSPS) is 15.2. The molecule has 0 radical (unpaired) electrons. The highest BCUT2D eigenvalue weighted by molar-refractivity contribution is 5.96. The highest BCUT2D eigenvalue weighted by atomic mass is 16.2. The standard InChI is InChI=1S/C21H23N3O/c1-2-20(21(25)22-12-15-10-11-15)24-14-17(13-23-24)19-9-5-7-16-6-3-4-8-18(16)19/h3-9,13-15,20H,2,10-12H2,1H3,(H,22,25). The molecule has 1 aliphatic rings. The van der Waals surface area contributed by atoms with Crippen LogP contribution in [0.3, 0.4) is 0 Å². The Labute approximate surface area is 147 Å². The van der Waals surface area contributed by atoms with E-state index in [2.05, 4.69) is 46.8 Å². The minimum absolute atomic E-state index is 0.0713. The number of carbonyl (C=O) groups excluding carboxylic acids is 1. The van der Waals surface area contributed by atoms with Crippen LogP contribution in [0.2, 0.25) is 0 Å². The molecule has 0 bridgehead atoms. The average Bonchev–Trinajstić information content (AvgIpc) is 3.36. The van der Waals surface area contributed by atoms with E-state index in [1.165, 1.54) is 23.6 Å². The summed E-state index contributed by atoms with van der Waals surface area (Å²) in [5.41, 5.74) is 2.20. The van der Waals surface area contributed by atoms with Gasteiger partial charge in [-0.1, -0.05) is 49.4 Å². The molecule has 1 fully saturated rings. The molecule has 4 nitrogen and oxygen atoms in total. The number of aromatic nitrogens is 2. The molecule has 3 aromatic rings. The topological polar surface area (TPSA) is 46.9 Å². The van der Waals surface area contributed by atoms with E-state index in [1.807, 2.05) is 25.4 Å². The number of nitrogens with zero attached hydrogens (tertiary/aromatic N) is 2. The van der Waals surface area contributed by atoms with Crippen molar-refractivity contribution >= 4 is 16.7 Å². The molecule has 1 N–H and O–H groups in total. The van der Waals surface area contributed by atoms with Gasteiger partial charge in [0.25, 0.3) is 0 Å². The lowest BCUT2D eigenvalue weighted by molar-refractivity contribution is -0.124. The van der Waals surface area contributed by atoms with E-state index in [9.17, 15) is 4.79 Å². The SMILES string of the molecule is CCC(C(=O)NCC1CC1)n1cc(-c2cccc3ccccc23)cn1. The van der Waals surface area contributed by atoms with Crippen molar-refractivity contribution in [1.29, 1.82) is 0 Å². The van der Waals surface area contributed by atoms with Gasteiger partial charge in [0.2, 0.25) is 5.91 Å². The Balaban J connectivity index is 1.60. The summed E-state index contributed by atoms with van der Waals surface area (Å²) < 4.78 is 1.80. The molecule has 1 saturated carbocycles. The molecule has 1 unspecified atom stereocenters. The smallest absolute Gasteiger partial charge is 0.244 e. The fraction of sp³-hybridized carbons (Fsp3) is 0.333. The molecule has 128 valence electrons. The van der Waals surface area contributed by atoms with Crippen molar-refractivity contribution in [2.24, 2.45) is 5.92 Å². The minimum atomic E-state index is -0.248. The van der Waals surface area contributed by atoms with Crippen LogP contribution >= 0.6 is 0 Å². The Morgan fingerprint density at radius 1 is 1.24 bits per heavy atom. The van der Waals surface area contributed by atoms with Crippen molar-refractivity contribution in [2.75, 3.05) is 6.54 Å². The lowest BCUT2D eigenvalue weighted by atomic mass is 10.0. The van der Waals surface area contributed by atoms with E-state index in [4.69, 9.17) is 0 Å². The number of rotatable bonds is 6. The van der Waals surface area contributed by atoms with E-state index in [0.29, 0.717) is 5.92 Å². The number of carbonyl (C=O) groups is 1. The Hall–Kier alpha value is -2.62. The lowest BCUT2D eigenvalue weighted by Gasteiger charge is -2.15. The molecule has 1 aliphatic carbocycles. The summed E-state index contributed by atoms with van der Waals surface area (Å²) in [6.45, 7) is 2.83. The van der Waals surface area contributed by atoms with Crippen LogP contribution in [-0.4, -0.2) is 22.2 Å². The first-order valence-electron chi connectivity index (χ1n) is 9.06. The van der Waals surface area contributed by atoms with Crippen LogP contribution in [0.1, 0.15) is 32.2 Å². The molecule has 4 rings (SSSR count). The van der Waals surface area contributed by atoms with Gasteiger partial charge in [0.05, 0.1) is 6.20 Å². The van der Waals surface area contributed by atoms with E-state index in [0.717, 1.165) is 24.1 Å². The third-order valence-electron chi connectivity index (χ3n) is 4.97. The fourth-order valence-corrected chi connectivity index (χ4v) is 3.30. The Kier molecular flexibility index (Phi) is 4.26. The molecule has 1 amide bonds. The van der Waals surface area contributed by atoms with Crippen molar-refractivity contribution in [3.63, 3.8) is 0 Å². The molecule has 2 aromatic carbocycles. The second-order valence-corrected chi connectivity index (χ2v) is 6.85. The van der Waals surface area contributed by atoms with Gasteiger partial charge in [-0.25, -0.2) is 0 Å². The van der Waals surface area contributed by atoms with Crippen molar-refractivity contribution in [3.8, 4) is 11.1 Å². The summed E-state index contributed by atoms with van der Waals surface area (Å²) in [7, 11) is 0. The van der Waals surface area contributed by atoms with E-state index in [1.54, 1.807) is 4.68 Å². The van der Waals surface area contributed by atoms with Crippen LogP contribution in [0, 0.1) is 5.92 Å². The number of amides is 1. The molecule has 0 aliphatic heterocycles. The van der Waals surface area contributed by atoms with E-state index < -0.39 is 0 Å². The van der Waals surface area contributed by atoms with Crippen LogP contribution in [0.5, 0.6) is 0 Å². The number of hydrogen-bond acceptors (Lipinski definition) is 2. The number of fused-ring (bicyclic) bond motifs is 1. The first-order chi connectivity index (χ1) is 12.3. The Morgan fingerprint density at radius 3 is 2.84 bits per heavy atom. The van der Waals surface area contributed by atoms with Crippen molar-refractivity contribution in [3.05, 3.63) is 54.9 Å². The first-order valence-corrected chi connectivity index (χ1v) is 9.06. The molecule has 0 saturated heterocycles. The second-order valence-electron chi connectivity index (χ2n) is 6.85. The fourth-order valence-electron chi connectivity index (χ4n) is 3.30. The largest absolute Gasteiger partial charge is 0.354 e. The summed E-state index contributed by atoms with van der Waals surface area (Å²) in [6, 6.07) is 14.4. The van der Waals surface area contributed by atoms with Crippen LogP contribution in [0.4, 0.5) is 0 Å². The van der Waals surface area contributed by atoms with Crippen LogP contribution in [-0.2, 0) is 4.79 Å². The molecule has 25 heavy (non-hydrogen) atoms. The Morgan fingerprint density at radius 2 is 2.04 bits per heavy atom. The van der Waals surface area contributed by atoms with Crippen molar-refractivity contribution < 1.29 is 4.79 Å². The van der Waals surface area contributed by atoms with Crippen molar-refractivity contribution in [1.82, 2.24) is 15.1 Å². The Bertz CT molecular complexity index is 890. The summed E-state index contributed by atoms with van der Waals surface area (Å²) in [4.78, 5) is 12.5. The third kappa shape index (κ3) is 3.29. The van der Waals surface area contributed by atoms with Gasteiger partial charge in [-0.3, -0.25) is 9.48 Å². The molecular weight excluding hydrogens is 310 g/mol. The van der Waals surface area contributed by atoms with Gasteiger partial charge < -0.3 is 5.32 Å². The van der Waals surface area contributed by atoms with Gasteiger partial charge in [-0.05, 0) is 41.5 Å². The lowest BCUT2D eigenvalue weighted by Crippen LogP contribution is -2.33. The molecule has 1 atom stereocenters. The molecule has 4 heteroatoms. The summed E-state index contributed by atoms with van der Waals surface area (Å²) in [5, 5.41) is 9.98. The number of benzene rings is 2. The zero-order chi connectivity index (χ0) is 17.2. The van der Waals surface area contributed by atoms with Crippen molar-refractivity contribution in [2.45, 2.75) is 32.2 Å². The monoisotopic (exact) mass is 333 g/mol. The molecular formula is C21H23N3O. The van der Waals surface area contributed by atoms with Crippen LogP contribution < -0.4 is 5.32 Å². The maximum absolute atomic E-state index is 12.5. The van der Waals surface area contributed by atoms with Crippen LogP contribution in [0.15, 0.2) is 54.9 Å². The summed E-state index contributed by atoms with van der Waals surface area (Å²) in [6.07, 6.45) is 7.06. The first kappa shape index (κ1) is 15.9. The molecule has 1 heterocycles. The number of nitrogens with one attached hydrogen (secondary N) is 1. The quantitative estimate of drug-likeness (QED) is 0.735. The van der Waals surface area contributed by atoms with Gasteiger partial charge >= 0.3 is 0 Å². The second kappa shape index (κ2) is 6.71. The van der Waals surface area contributed by atoms with Gasteiger partial charge in [0.15, 0.2) is 0 Å². The van der Waals surface area contributed by atoms with Gasteiger partial charge in [-0.15, -0.1) is 0 Å². The summed E-state index contributed by atoms with van der Waals surface area (Å²) >= 11 is 0. The minimum Gasteiger partial charge on any atom is -0.354 e. The predicted octanol–water partition coefficient (Wildman–Crippen LogP) is 4.18.